The second kappa shape index (κ2) is 10.8. The summed E-state index contributed by atoms with van der Waals surface area (Å²) in [7, 11) is -3.93. The number of sulfonamides is 1. The van der Waals surface area contributed by atoms with Gasteiger partial charge in [0, 0.05) is 18.1 Å². The molecule has 0 aliphatic heterocycles. The number of aryl methyl sites for hydroxylation is 1. The number of thioether (sulfide) groups is 1. The maximum absolute atomic E-state index is 13.3. The molecule has 0 fully saturated rings. The van der Waals surface area contributed by atoms with Crippen molar-refractivity contribution in [3.05, 3.63) is 83.0 Å². The van der Waals surface area contributed by atoms with Gasteiger partial charge in [0.05, 0.1) is 5.69 Å². The molecule has 2 aromatic carbocycles. The van der Waals surface area contributed by atoms with Gasteiger partial charge in [0.25, 0.3) is 10.0 Å². The number of benzene rings is 2. The molecule has 0 saturated carbocycles. The van der Waals surface area contributed by atoms with Crippen LogP contribution in [0.2, 0.25) is 0 Å². The molecule has 31 heavy (non-hydrogen) atoms. The Hall–Kier alpha value is -2.36. The Bertz CT molecular complexity index is 1100. The van der Waals surface area contributed by atoms with Crippen LogP contribution in [-0.4, -0.2) is 33.2 Å². The Morgan fingerprint density at radius 3 is 2.58 bits per heavy atom. The van der Waals surface area contributed by atoms with Crippen molar-refractivity contribution in [3.8, 4) is 0 Å². The first-order valence-corrected chi connectivity index (χ1v) is 13.1. The number of carbonyl (C=O) groups is 1. The summed E-state index contributed by atoms with van der Waals surface area (Å²) < 4.78 is 40.5. The number of nitrogens with one attached hydrogen (secondary N) is 1. The lowest BCUT2D eigenvalue weighted by molar-refractivity contribution is -0.119. The summed E-state index contributed by atoms with van der Waals surface area (Å²) in [5.41, 5.74) is 2.67. The molecule has 0 spiro atoms. The molecule has 0 bridgehead atoms. The lowest BCUT2D eigenvalue weighted by Gasteiger charge is -2.23. The van der Waals surface area contributed by atoms with Gasteiger partial charge in [-0.15, -0.1) is 11.3 Å². The molecule has 1 aromatic heterocycles. The molecule has 5 nitrogen and oxygen atoms in total. The van der Waals surface area contributed by atoms with Gasteiger partial charge in [-0.3, -0.25) is 9.10 Å². The van der Waals surface area contributed by atoms with Gasteiger partial charge in [-0.2, -0.15) is 11.8 Å². The van der Waals surface area contributed by atoms with E-state index < -0.39 is 21.7 Å². The minimum atomic E-state index is -3.93. The third-order valence-corrected chi connectivity index (χ3v) is 8.54. The van der Waals surface area contributed by atoms with Crippen molar-refractivity contribution in [1.82, 2.24) is 5.32 Å². The van der Waals surface area contributed by atoms with Crippen molar-refractivity contribution in [2.24, 2.45) is 0 Å². The minimum absolute atomic E-state index is 0.123. The third kappa shape index (κ3) is 6.56. The smallest absolute Gasteiger partial charge is 0.274 e. The Balaban J connectivity index is 1.59. The Morgan fingerprint density at radius 2 is 1.90 bits per heavy atom. The summed E-state index contributed by atoms with van der Waals surface area (Å²) in [6, 6.07) is 16.4. The van der Waals surface area contributed by atoms with Crippen molar-refractivity contribution in [3.63, 3.8) is 0 Å². The monoisotopic (exact) mass is 478 g/mol. The summed E-state index contributed by atoms with van der Waals surface area (Å²) in [4.78, 5) is 12.5. The van der Waals surface area contributed by atoms with Crippen molar-refractivity contribution in [1.29, 1.82) is 0 Å². The summed E-state index contributed by atoms with van der Waals surface area (Å²) in [6.07, 6.45) is 0. The van der Waals surface area contributed by atoms with E-state index >= 15 is 0 Å². The van der Waals surface area contributed by atoms with E-state index in [1.807, 2.05) is 19.1 Å². The van der Waals surface area contributed by atoms with E-state index in [1.165, 1.54) is 41.5 Å². The Morgan fingerprint density at radius 1 is 1.13 bits per heavy atom. The highest BCUT2D eigenvalue weighted by molar-refractivity contribution is 7.98. The van der Waals surface area contributed by atoms with Crippen LogP contribution in [0.5, 0.6) is 0 Å². The van der Waals surface area contributed by atoms with E-state index in [0.29, 0.717) is 12.3 Å². The average molecular weight is 479 g/mol. The van der Waals surface area contributed by atoms with Crippen LogP contribution in [0.4, 0.5) is 10.1 Å². The van der Waals surface area contributed by atoms with E-state index in [0.717, 1.165) is 21.4 Å². The maximum Gasteiger partial charge on any atom is 0.274 e. The molecule has 1 amide bonds. The number of anilines is 1. The fourth-order valence-corrected chi connectivity index (χ4v) is 6.21. The fourth-order valence-electron chi connectivity index (χ4n) is 2.88. The van der Waals surface area contributed by atoms with Gasteiger partial charge in [0.15, 0.2) is 0 Å². The van der Waals surface area contributed by atoms with Crippen molar-refractivity contribution < 1.29 is 17.6 Å². The predicted molar refractivity (Wildman–Crippen MR) is 126 cm³/mol. The van der Waals surface area contributed by atoms with Crippen LogP contribution in [0.3, 0.4) is 0 Å². The van der Waals surface area contributed by atoms with Crippen LogP contribution in [0, 0.1) is 12.7 Å². The first kappa shape index (κ1) is 23.3. The molecule has 1 N–H and O–H groups in total. The summed E-state index contributed by atoms with van der Waals surface area (Å²) in [5, 5.41) is 4.43. The quantitative estimate of drug-likeness (QED) is 0.438. The highest BCUT2D eigenvalue weighted by atomic mass is 32.2. The minimum Gasteiger partial charge on any atom is -0.354 e. The molecule has 0 saturated heterocycles. The second-order valence-electron chi connectivity index (χ2n) is 6.81. The topological polar surface area (TPSA) is 66.5 Å². The highest BCUT2D eigenvalue weighted by Crippen LogP contribution is 2.26. The lowest BCUT2D eigenvalue weighted by atomic mass is 10.2. The molecule has 0 atom stereocenters. The largest absolute Gasteiger partial charge is 0.354 e. The Kier molecular flexibility index (Phi) is 8.11. The van der Waals surface area contributed by atoms with Crippen molar-refractivity contribution >= 4 is 44.7 Å². The third-order valence-electron chi connectivity index (χ3n) is 4.36. The first-order valence-electron chi connectivity index (χ1n) is 9.58. The number of rotatable bonds is 10. The molecule has 9 heteroatoms. The molecule has 164 valence electrons. The Labute approximate surface area is 190 Å². The summed E-state index contributed by atoms with van der Waals surface area (Å²) in [6.45, 7) is 2.09. The van der Waals surface area contributed by atoms with E-state index in [1.54, 1.807) is 23.2 Å². The molecule has 3 aromatic rings. The summed E-state index contributed by atoms with van der Waals surface area (Å²) >= 11 is 2.76. The van der Waals surface area contributed by atoms with Gasteiger partial charge in [-0.25, -0.2) is 12.8 Å². The number of hydrogen-bond donors (Lipinski definition) is 1. The zero-order valence-electron chi connectivity index (χ0n) is 17.0. The molecule has 0 aliphatic carbocycles. The number of hydrogen-bond acceptors (Lipinski definition) is 5. The number of amides is 1. The zero-order chi connectivity index (χ0) is 22.3. The molecular weight excluding hydrogens is 455 g/mol. The van der Waals surface area contributed by atoms with E-state index in [2.05, 4.69) is 17.4 Å². The molecule has 0 aliphatic rings. The first-order chi connectivity index (χ1) is 14.9. The average Bonchev–Trinajstić information content (AvgIpc) is 3.28. The van der Waals surface area contributed by atoms with Crippen LogP contribution >= 0.6 is 23.1 Å². The predicted octanol–water partition coefficient (Wildman–Crippen LogP) is 4.44. The normalized spacial score (nSPS) is 11.3. The van der Waals surface area contributed by atoms with Crippen LogP contribution in [0.25, 0.3) is 0 Å². The van der Waals surface area contributed by atoms with E-state index in [9.17, 15) is 17.6 Å². The molecule has 1 heterocycles. The molecule has 0 unspecified atom stereocenters. The van der Waals surface area contributed by atoms with Gasteiger partial charge in [-0.05, 0) is 48.2 Å². The molecule has 3 rings (SSSR count). The maximum atomic E-state index is 13.3. The zero-order valence-corrected chi connectivity index (χ0v) is 19.4. The van der Waals surface area contributed by atoms with Gasteiger partial charge in [0.2, 0.25) is 5.91 Å². The van der Waals surface area contributed by atoms with Crippen LogP contribution in [-0.2, 0) is 20.6 Å². The standard InChI is InChI=1S/C22H23FN2O3S3/c1-17-4-2-5-18(14-17)16-29-13-11-24-21(26)15-25(20-9-7-19(23)8-10-20)31(27,28)22-6-3-12-30-22/h2-10,12,14H,11,13,15-16H2,1H3,(H,24,26). The highest BCUT2D eigenvalue weighted by Gasteiger charge is 2.28. The van der Waals surface area contributed by atoms with E-state index in [4.69, 9.17) is 0 Å². The van der Waals surface area contributed by atoms with Crippen LogP contribution in [0.1, 0.15) is 11.1 Å². The fraction of sp³-hybridized carbons (Fsp3) is 0.227. The van der Waals surface area contributed by atoms with Crippen molar-refractivity contribution in [2.45, 2.75) is 16.9 Å². The number of nitrogens with zero attached hydrogens (tertiary/aromatic N) is 1. The number of thiophene rings is 1. The van der Waals surface area contributed by atoms with Gasteiger partial charge in [-0.1, -0.05) is 35.9 Å². The van der Waals surface area contributed by atoms with Gasteiger partial charge in [0.1, 0.15) is 16.6 Å². The van der Waals surface area contributed by atoms with Gasteiger partial charge >= 0.3 is 0 Å². The number of carbonyl (C=O) groups excluding carboxylic acids is 1. The SMILES string of the molecule is Cc1cccc(CSCCNC(=O)CN(c2ccc(F)cc2)S(=O)(=O)c2cccs2)c1. The second-order valence-corrected chi connectivity index (χ2v) is 11.0. The van der Waals surface area contributed by atoms with Crippen LogP contribution < -0.4 is 9.62 Å². The summed E-state index contributed by atoms with van der Waals surface area (Å²) in [5.74, 6) is 0.646. The van der Waals surface area contributed by atoms with Gasteiger partial charge < -0.3 is 5.32 Å². The van der Waals surface area contributed by atoms with Crippen molar-refractivity contribution in [2.75, 3.05) is 23.1 Å². The van der Waals surface area contributed by atoms with Crippen LogP contribution in [0.15, 0.2) is 70.3 Å². The number of halogens is 1. The van der Waals surface area contributed by atoms with E-state index in [-0.39, 0.29) is 16.4 Å². The molecule has 0 radical (unpaired) electrons. The lowest BCUT2D eigenvalue weighted by Crippen LogP contribution is -2.41. The molecular formula is C22H23FN2O3S3.